The molecule has 3 nitrogen and oxygen atoms in total. The maximum absolute atomic E-state index is 4.38. The van der Waals surface area contributed by atoms with Crippen molar-refractivity contribution < 1.29 is 0 Å². The van der Waals surface area contributed by atoms with Crippen LogP contribution in [0.3, 0.4) is 0 Å². The van der Waals surface area contributed by atoms with Crippen LogP contribution in [0.5, 0.6) is 0 Å². The first kappa shape index (κ1) is 10.0. The number of nitrogens with one attached hydrogen (secondary N) is 2. The van der Waals surface area contributed by atoms with Gasteiger partial charge in [-0.3, -0.25) is 4.99 Å². The molecule has 1 aromatic carbocycles. The van der Waals surface area contributed by atoms with Gasteiger partial charge in [0, 0.05) is 23.8 Å². The number of aliphatic imine (C=N–C) groups is 1. The summed E-state index contributed by atoms with van der Waals surface area (Å²) in [6.45, 7) is 6.12. The maximum Gasteiger partial charge on any atom is 0.128 e. The summed E-state index contributed by atoms with van der Waals surface area (Å²) in [5, 5.41) is 6.62. The van der Waals surface area contributed by atoms with Crippen molar-refractivity contribution in [1.82, 2.24) is 5.32 Å². The van der Waals surface area contributed by atoms with Crippen LogP contribution in [0, 0.1) is 0 Å². The lowest BCUT2D eigenvalue weighted by atomic mass is 10.2. The van der Waals surface area contributed by atoms with Crippen LogP contribution in [0.25, 0.3) is 0 Å². The molecule has 1 aliphatic heterocycles. The Hall–Kier alpha value is -1.51. The van der Waals surface area contributed by atoms with Gasteiger partial charge in [0.2, 0.25) is 0 Å². The Balaban J connectivity index is 2.10. The van der Waals surface area contributed by atoms with Crippen molar-refractivity contribution in [1.29, 1.82) is 0 Å². The van der Waals surface area contributed by atoms with Gasteiger partial charge >= 0.3 is 0 Å². The molecular formula is C12H17N3. The van der Waals surface area contributed by atoms with Gasteiger partial charge in [-0.05, 0) is 38.1 Å². The summed E-state index contributed by atoms with van der Waals surface area (Å²) < 4.78 is 0. The molecule has 15 heavy (non-hydrogen) atoms. The highest BCUT2D eigenvalue weighted by Gasteiger charge is 2.07. The molecule has 0 spiro atoms. The number of hydrogen-bond donors (Lipinski definition) is 2. The summed E-state index contributed by atoms with van der Waals surface area (Å²) >= 11 is 0. The van der Waals surface area contributed by atoms with Gasteiger partial charge in [-0.15, -0.1) is 0 Å². The zero-order valence-electron chi connectivity index (χ0n) is 9.25. The van der Waals surface area contributed by atoms with Crippen LogP contribution in [-0.2, 0) is 0 Å². The molecule has 0 saturated heterocycles. The van der Waals surface area contributed by atoms with Crippen molar-refractivity contribution in [2.24, 2.45) is 4.99 Å². The van der Waals surface area contributed by atoms with E-state index in [1.807, 2.05) is 0 Å². The summed E-state index contributed by atoms with van der Waals surface area (Å²) in [6, 6.07) is 8.86. The molecule has 1 aromatic rings. The SMILES string of the molecule is CC(C)Nc1ccc(C2=NCCN2)cc1. The Labute approximate surface area is 90.6 Å². The second kappa shape index (κ2) is 4.34. The van der Waals surface area contributed by atoms with E-state index >= 15 is 0 Å². The fourth-order valence-corrected chi connectivity index (χ4v) is 1.65. The standard InChI is InChI=1S/C12H17N3/c1-9(2)15-11-5-3-10(4-6-11)12-13-7-8-14-12/h3-6,9,15H,7-8H2,1-2H3,(H,13,14). The van der Waals surface area contributed by atoms with Crippen LogP contribution in [-0.4, -0.2) is 25.0 Å². The van der Waals surface area contributed by atoms with Crippen molar-refractivity contribution in [3.8, 4) is 0 Å². The minimum Gasteiger partial charge on any atom is -0.383 e. The fraction of sp³-hybridized carbons (Fsp3) is 0.417. The monoisotopic (exact) mass is 203 g/mol. The van der Waals surface area contributed by atoms with Gasteiger partial charge in [0.15, 0.2) is 0 Å². The van der Waals surface area contributed by atoms with Gasteiger partial charge < -0.3 is 10.6 Å². The summed E-state index contributed by atoms with van der Waals surface area (Å²) in [5.41, 5.74) is 2.33. The minimum absolute atomic E-state index is 0.470. The van der Waals surface area contributed by atoms with Crippen LogP contribution in [0.2, 0.25) is 0 Å². The molecule has 0 unspecified atom stereocenters. The van der Waals surface area contributed by atoms with Gasteiger partial charge in [-0.25, -0.2) is 0 Å². The molecule has 0 aliphatic carbocycles. The van der Waals surface area contributed by atoms with Gasteiger partial charge in [0.05, 0.1) is 6.54 Å². The van der Waals surface area contributed by atoms with E-state index in [2.05, 4.69) is 53.7 Å². The second-order valence-corrected chi connectivity index (χ2v) is 4.03. The van der Waals surface area contributed by atoms with E-state index in [0.29, 0.717) is 6.04 Å². The first-order valence-corrected chi connectivity index (χ1v) is 5.41. The zero-order chi connectivity index (χ0) is 10.7. The smallest absolute Gasteiger partial charge is 0.128 e. The third-order valence-corrected chi connectivity index (χ3v) is 2.29. The average Bonchev–Trinajstić information content (AvgIpc) is 2.71. The van der Waals surface area contributed by atoms with E-state index in [1.165, 1.54) is 5.56 Å². The third kappa shape index (κ3) is 2.49. The Morgan fingerprint density at radius 1 is 1.27 bits per heavy atom. The summed E-state index contributed by atoms with van der Waals surface area (Å²) in [5.74, 6) is 1.02. The fourth-order valence-electron chi connectivity index (χ4n) is 1.65. The topological polar surface area (TPSA) is 36.4 Å². The molecule has 0 atom stereocenters. The maximum atomic E-state index is 4.38. The van der Waals surface area contributed by atoms with Crippen LogP contribution >= 0.6 is 0 Å². The molecule has 1 heterocycles. The van der Waals surface area contributed by atoms with Crippen molar-refractivity contribution in [2.75, 3.05) is 18.4 Å². The number of benzene rings is 1. The second-order valence-electron chi connectivity index (χ2n) is 4.03. The van der Waals surface area contributed by atoms with E-state index in [1.54, 1.807) is 0 Å². The number of nitrogens with zero attached hydrogens (tertiary/aromatic N) is 1. The predicted molar refractivity (Wildman–Crippen MR) is 64.6 cm³/mol. The van der Waals surface area contributed by atoms with Gasteiger partial charge in [-0.1, -0.05) is 0 Å². The summed E-state index contributed by atoms with van der Waals surface area (Å²) in [7, 11) is 0. The number of amidine groups is 1. The molecule has 80 valence electrons. The number of rotatable bonds is 3. The van der Waals surface area contributed by atoms with Crippen molar-refractivity contribution in [2.45, 2.75) is 19.9 Å². The van der Waals surface area contributed by atoms with E-state index in [0.717, 1.165) is 24.6 Å². The highest BCUT2D eigenvalue weighted by molar-refractivity contribution is 5.99. The van der Waals surface area contributed by atoms with Gasteiger partial charge in [0.25, 0.3) is 0 Å². The molecular weight excluding hydrogens is 186 g/mol. The molecule has 0 amide bonds. The Bertz CT molecular complexity index is 352. The van der Waals surface area contributed by atoms with Gasteiger partial charge in [-0.2, -0.15) is 0 Å². The lowest BCUT2D eigenvalue weighted by Gasteiger charge is -2.10. The first-order chi connectivity index (χ1) is 7.25. The third-order valence-electron chi connectivity index (χ3n) is 2.29. The Morgan fingerprint density at radius 2 is 2.00 bits per heavy atom. The lowest BCUT2D eigenvalue weighted by Crippen LogP contribution is -2.19. The van der Waals surface area contributed by atoms with Crippen LogP contribution in [0.15, 0.2) is 29.3 Å². The molecule has 2 N–H and O–H groups in total. The van der Waals surface area contributed by atoms with E-state index in [4.69, 9.17) is 0 Å². The molecule has 0 aromatic heterocycles. The molecule has 1 aliphatic rings. The molecule has 0 radical (unpaired) electrons. The Morgan fingerprint density at radius 3 is 2.53 bits per heavy atom. The first-order valence-electron chi connectivity index (χ1n) is 5.41. The van der Waals surface area contributed by atoms with Gasteiger partial charge in [0.1, 0.15) is 5.84 Å². The van der Waals surface area contributed by atoms with E-state index in [9.17, 15) is 0 Å². The molecule has 3 heteroatoms. The lowest BCUT2D eigenvalue weighted by molar-refractivity contribution is 0.900. The molecule has 0 saturated carbocycles. The predicted octanol–water partition coefficient (Wildman–Crippen LogP) is 1.86. The molecule has 2 rings (SSSR count). The van der Waals surface area contributed by atoms with E-state index in [-0.39, 0.29) is 0 Å². The average molecular weight is 203 g/mol. The minimum atomic E-state index is 0.470. The quantitative estimate of drug-likeness (QED) is 0.786. The summed E-state index contributed by atoms with van der Waals surface area (Å²) in [6.07, 6.45) is 0. The highest BCUT2D eigenvalue weighted by Crippen LogP contribution is 2.11. The number of hydrogen-bond acceptors (Lipinski definition) is 3. The molecule has 0 fully saturated rings. The van der Waals surface area contributed by atoms with Crippen molar-refractivity contribution in [3.05, 3.63) is 29.8 Å². The van der Waals surface area contributed by atoms with Crippen LogP contribution in [0.1, 0.15) is 19.4 Å². The molecule has 0 bridgehead atoms. The summed E-state index contributed by atoms with van der Waals surface area (Å²) in [4.78, 5) is 4.38. The number of anilines is 1. The Kier molecular flexibility index (Phi) is 2.90. The normalized spacial score (nSPS) is 15.0. The zero-order valence-corrected chi connectivity index (χ0v) is 9.25. The highest BCUT2D eigenvalue weighted by atomic mass is 15.1. The van der Waals surface area contributed by atoms with E-state index < -0.39 is 0 Å². The van der Waals surface area contributed by atoms with Crippen LogP contribution in [0.4, 0.5) is 5.69 Å². The van der Waals surface area contributed by atoms with Crippen molar-refractivity contribution in [3.63, 3.8) is 0 Å². The van der Waals surface area contributed by atoms with Crippen LogP contribution < -0.4 is 10.6 Å². The van der Waals surface area contributed by atoms with Crippen molar-refractivity contribution >= 4 is 11.5 Å². The largest absolute Gasteiger partial charge is 0.383 e.